The van der Waals surface area contributed by atoms with E-state index in [1.807, 2.05) is 61.3 Å². The molecule has 0 spiro atoms. The predicted octanol–water partition coefficient (Wildman–Crippen LogP) is 4.72. The summed E-state index contributed by atoms with van der Waals surface area (Å²) in [6.07, 6.45) is 1.02. The largest absolute Gasteiger partial charge is 0.497 e. The molecule has 4 rings (SSSR count). The van der Waals surface area contributed by atoms with Gasteiger partial charge in [-0.1, -0.05) is 34.7 Å². The summed E-state index contributed by atoms with van der Waals surface area (Å²) in [5.74, 6) is 1.85. The zero-order valence-electron chi connectivity index (χ0n) is 19.4. The first-order valence-corrected chi connectivity index (χ1v) is 12.3. The average Bonchev–Trinajstić information content (AvgIpc) is 3.32. The number of aromatic nitrogens is 2. The van der Waals surface area contributed by atoms with E-state index in [4.69, 9.17) is 4.74 Å². The van der Waals surface area contributed by atoms with Crippen LogP contribution in [0.2, 0.25) is 0 Å². The Kier molecular flexibility index (Phi) is 6.76. The van der Waals surface area contributed by atoms with Crippen molar-refractivity contribution in [2.24, 2.45) is 0 Å². The third-order valence-corrected chi connectivity index (χ3v) is 8.03. The minimum absolute atomic E-state index is 0.0881. The number of likely N-dealkylation sites (tertiary alicyclic amines) is 1. The molecule has 6 nitrogen and oxygen atoms in total. The SMILES string of the molecule is COc1ccc2c(c1)nc(C)n2Cc1ccc(C(=O)N(C)C2CCN(C(C)C)C2I)cc1. The van der Waals surface area contributed by atoms with Gasteiger partial charge in [-0.05, 0) is 57.0 Å². The predicted molar refractivity (Wildman–Crippen MR) is 137 cm³/mol. The summed E-state index contributed by atoms with van der Waals surface area (Å²) in [5, 5.41) is 0. The van der Waals surface area contributed by atoms with E-state index in [1.165, 1.54) is 0 Å². The Morgan fingerprint density at radius 3 is 2.59 bits per heavy atom. The molecule has 0 bridgehead atoms. The summed E-state index contributed by atoms with van der Waals surface area (Å²) in [5.41, 5.74) is 3.88. The highest BCUT2D eigenvalue weighted by Crippen LogP contribution is 2.30. The zero-order chi connectivity index (χ0) is 23.0. The lowest BCUT2D eigenvalue weighted by Gasteiger charge is -2.31. The highest BCUT2D eigenvalue weighted by Gasteiger charge is 2.37. The number of imidazole rings is 1. The highest BCUT2D eigenvalue weighted by atomic mass is 127. The van der Waals surface area contributed by atoms with E-state index in [-0.39, 0.29) is 11.9 Å². The van der Waals surface area contributed by atoms with Crippen molar-refractivity contribution in [2.75, 3.05) is 20.7 Å². The molecule has 1 amide bonds. The molecule has 2 unspecified atom stereocenters. The van der Waals surface area contributed by atoms with Crippen LogP contribution in [-0.2, 0) is 6.54 Å². The lowest BCUT2D eigenvalue weighted by Crippen LogP contribution is -2.44. The first-order valence-electron chi connectivity index (χ1n) is 11.1. The number of fused-ring (bicyclic) bond motifs is 1. The molecule has 170 valence electrons. The summed E-state index contributed by atoms with van der Waals surface area (Å²) >= 11 is 2.49. The quantitative estimate of drug-likeness (QED) is 0.255. The van der Waals surface area contributed by atoms with Crippen LogP contribution in [0.4, 0.5) is 0 Å². The van der Waals surface area contributed by atoms with Gasteiger partial charge in [0.2, 0.25) is 0 Å². The summed E-state index contributed by atoms with van der Waals surface area (Å²) < 4.78 is 7.85. The monoisotopic (exact) mass is 546 g/mol. The number of hydrogen-bond acceptors (Lipinski definition) is 4. The highest BCUT2D eigenvalue weighted by molar-refractivity contribution is 14.1. The number of aryl methyl sites for hydroxylation is 1. The average molecular weight is 546 g/mol. The Bertz CT molecular complexity index is 1110. The van der Waals surface area contributed by atoms with Crippen LogP contribution in [0.15, 0.2) is 42.5 Å². The Labute approximate surface area is 203 Å². The van der Waals surface area contributed by atoms with Gasteiger partial charge >= 0.3 is 0 Å². The minimum atomic E-state index is 0.0881. The molecular formula is C25H31IN4O2. The standard InChI is InChI=1S/C25H31IN4O2/c1-16(2)29-13-12-23(24(29)26)28(4)25(31)19-8-6-18(7-9-19)15-30-17(3)27-21-14-20(32-5)10-11-22(21)30/h6-11,14,16,23-24H,12-13,15H2,1-5H3. The maximum absolute atomic E-state index is 13.1. The van der Waals surface area contributed by atoms with Gasteiger partial charge in [-0.15, -0.1) is 0 Å². The first-order chi connectivity index (χ1) is 15.3. The Hall–Kier alpha value is -2.13. The molecule has 0 radical (unpaired) electrons. The van der Waals surface area contributed by atoms with Gasteiger partial charge in [0, 0.05) is 37.8 Å². The number of likely N-dealkylation sites (N-methyl/N-ethyl adjacent to an activating group) is 1. The fraction of sp³-hybridized carbons (Fsp3) is 0.440. The van der Waals surface area contributed by atoms with Crippen molar-refractivity contribution >= 4 is 39.5 Å². The van der Waals surface area contributed by atoms with Crippen LogP contribution in [0.5, 0.6) is 5.75 Å². The number of halogens is 1. The second-order valence-corrected chi connectivity index (χ2v) is 10.0. The van der Waals surface area contributed by atoms with Gasteiger partial charge in [0.1, 0.15) is 11.6 Å². The number of benzene rings is 2. The van der Waals surface area contributed by atoms with Crippen LogP contribution in [0.25, 0.3) is 11.0 Å². The number of amides is 1. The van der Waals surface area contributed by atoms with Gasteiger partial charge in [-0.25, -0.2) is 4.98 Å². The molecule has 1 aromatic heterocycles. The maximum atomic E-state index is 13.1. The van der Waals surface area contributed by atoms with E-state index in [2.05, 4.69) is 50.9 Å². The van der Waals surface area contributed by atoms with E-state index in [0.29, 0.717) is 16.6 Å². The van der Waals surface area contributed by atoms with Gasteiger partial charge in [0.15, 0.2) is 0 Å². The van der Waals surface area contributed by atoms with Gasteiger partial charge in [0.25, 0.3) is 5.91 Å². The van der Waals surface area contributed by atoms with Crippen LogP contribution in [0.3, 0.4) is 0 Å². The molecule has 0 saturated carbocycles. The number of carbonyl (C=O) groups is 1. The Morgan fingerprint density at radius 1 is 1.25 bits per heavy atom. The number of alkyl halides is 1. The molecular weight excluding hydrogens is 515 g/mol. The van der Waals surface area contributed by atoms with Gasteiger partial charge < -0.3 is 14.2 Å². The number of rotatable bonds is 6. The van der Waals surface area contributed by atoms with Crippen molar-refractivity contribution in [1.82, 2.24) is 19.4 Å². The Balaban J connectivity index is 1.48. The van der Waals surface area contributed by atoms with E-state index in [1.54, 1.807) is 7.11 Å². The molecule has 1 aliphatic rings. The summed E-state index contributed by atoms with van der Waals surface area (Å²) in [6.45, 7) is 8.20. The minimum Gasteiger partial charge on any atom is -0.497 e. The molecule has 2 aromatic carbocycles. The zero-order valence-corrected chi connectivity index (χ0v) is 21.5. The first kappa shape index (κ1) is 23.0. The number of methoxy groups -OCH3 is 1. The molecule has 2 atom stereocenters. The molecule has 3 aromatic rings. The molecule has 32 heavy (non-hydrogen) atoms. The molecule has 1 fully saturated rings. The smallest absolute Gasteiger partial charge is 0.253 e. The topological polar surface area (TPSA) is 50.6 Å². The lowest BCUT2D eigenvalue weighted by molar-refractivity contribution is 0.0726. The van der Waals surface area contributed by atoms with Crippen LogP contribution in [0, 0.1) is 6.92 Å². The van der Waals surface area contributed by atoms with Crippen LogP contribution in [0.1, 0.15) is 42.0 Å². The molecule has 1 saturated heterocycles. The molecule has 7 heteroatoms. The van der Waals surface area contributed by atoms with Crippen molar-refractivity contribution in [2.45, 2.75) is 49.9 Å². The normalized spacial score (nSPS) is 19.1. The van der Waals surface area contributed by atoms with E-state index in [9.17, 15) is 4.79 Å². The fourth-order valence-corrected chi connectivity index (χ4v) is 6.29. The van der Waals surface area contributed by atoms with Crippen molar-refractivity contribution < 1.29 is 9.53 Å². The van der Waals surface area contributed by atoms with E-state index in [0.717, 1.165) is 46.7 Å². The third kappa shape index (κ3) is 4.37. The number of nitrogens with zero attached hydrogens (tertiary/aromatic N) is 4. The van der Waals surface area contributed by atoms with Crippen LogP contribution in [-0.4, -0.2) is 62.1 Å². The number of carbonyl (C=O) groups excluding carboxylic acids is 1. The molecule has 1 aliphatic heterocycles. The summed E-state index contributed by atoms with van der Waals surface area (Å²) in [7, 11) is 3.60. The van der Waals surface area contributed by atoms with Crippen molar-refractivity contribution in [3.05, 3.63) is 59.4 Å². The lowest BCUT2D eigenvalue weighted by atomic mass is 10.1. The fourth-order valence-electron chi connectivity index (χ4n) is 4.53. The second kappa shape index (κ2) is 9.39. The molecule has 0 N–H and O–H groups in total. The Morgan fingerprint density at radius 2 is 1.97 bits per heavy atom. The summed E-state index contributed by atoms with van der Waals surface area (Å²) in [6, 6.07) is 14.7. The number of hydrogen-bond donors (Lipinski definition) is 0. The van der Waals surface area contributed by atoms with Gasteiger partial charge in [-0.2, -0.15) is 0 Å². The summed E-state index contributed by atoms with van der Waals surface area (Å²) in [4.78, 5) is 22.2. The van der Waals surface area contributed by atoms with Crippen LogP contribution < -0.4 is 4.74 Å². The van der Waals surface area contributed by atoms with Crippen molar-refractivity contribution in [1.29, 1.82) is 0 Å². The second-order valence-electron chi connectivity index (χ2n) is 8.77. The van der Waals surface area contributed by atoms with Crippen LogP contribution >= 0.6 is 22.6 Å². The molecule has 0 aliphatic carbocycles. The maximum Gasteiger partial charge on any atom is 0.253 e. The van der Waals surface area contributed by atoms with Crippen molar-refractivity contribution in [3.8, 4) is 5.75 Å². The van der Waals surface area contributed by atoms with E-state index >= 15 is 0 Å². The van der Waals surface area contributed by atoms with Gasteiger partial charge in [-0.3, -0.25) is 9.69 Å². The van der Waals surface area contributed by atoms with Crippen molar-refractivity contribution in [3.63, 3.8) is 0 Å². The third-order valence-electron chi connectivity index (χ3n) is 6.49. The van der Waals surface area contributed by atoms with E-state index < -0.39 is 0 Å². The molecule has 2 heterocycles. The van der Waals surface area contributed by atoms with Gasteiger partial charge in [0.05, 0.1) is 28.2 Å². The number of ether oxygens (including phenoxy) is 1.